The minimum absolute atomic E-state index is 0.192. The molecule has 1 N–H and O–H groups in total. The molecule has 0 atom stereocenters. The number of phenolic OH excluding ortho intramolecular Hbond substituents is 1. The van der Waals surface area contributed by atoms with E-state index in [0.717, 1.165) is 19.1 Å². The number of aromatic hydroxyl groups is 1. The highest BCUT2D eigenvalue weighted by molar-refractivity contribution is 6.02. The van der Waals surface area contributed by atoms with E-state index in [4.69, 9.17) is 5.11 Å². The third kappa shape index (κ3) is 2.18. The van der Waals surface area contributed by atoms with Crippen LogP contribution in [0.25, 0.3) is 0 Å². The largest absolute Gasteiger partial charge is 0.508 e. The molecule has 0 unspecified atom stereocenters. The van der Waals surface area contributed by atoms with Crippen LogP contribution in [0.5, 0.6) is 5.75 Å². The molecule has 1 aromatic rings. The number of aldehydes is 1. The van der Waals surface area contributed by atoms with Crippen LogP contribution in [0, 0.1) is 0 Å². The first-order valence-electron chi connectivity index (χ1n) is 4.08. The zero-order valence-corrected chi connectivity index (χ0v) is 7.83. The Balaban J connectivity index is 3.52. The number of phenols is 1. The van der Waals surface area contributed by atoms with Gasteiger partial charge in [-0.2, -0.15) is 0 Å². The fourth-order valence-corrected chi connectivity index (χ4v) is 1.26. The molecule has 5 heteroatoms. The van der Waals surface area contributed by atoms with E-state index in [1.807, 2.05) is 0 Å². The van der Waals surface area contributed by atoms with Crippen molar-refractivity contribution in [2.75, 3.05) is 0 Å². The molecule has 0 aromatic heterocycles. The highest BCUT2D eigenvalue weighted by Crippen LogP contribution is 2.28. The molecule has 3 nitrogen and oxygen atoms in total. The van der Waals surface area contributed by atoms with Crippen LogP contribution in [0.2, 0.25) is 0 Å². The zero-order chi connectivity index (χ0) is 11.6. The summed E-state index contributed by atoms with van der Waals surface area (Å²) in [6, 6.07) is 1.78. The van der Waals surface area contributed by atoms with Gasteiger partial charge in [0, 0.05) is 16.7 Å². The molecule has 15 heavy (non-hydrogen) atoms. The van der Waals surface area contributed by atoms with Crippen molar-refractivity contribution in [2.45, 2.75) is 13.3 Å². The van der Waals surface area contributed by atoms with Crippen LogP contribution in [0.3, 0.4) is 0 Å². The van der Waals surface area contributed by atoms with Gasteiger partial charge in [-0.15, -0.1) is 0 Å². The van der Waals surface area contributed by atoms with E-state index in [1.165, 1.54) is 0 Å². The van der Waals surface area contributed by atoms with Crippen molar-refractivity contribution in [2.24, 2.45) is 0 Å². The van der Waals surface area contributed by atoms with Crippen molar-refractivity contribution < 1.29 is 23.5 Å². The number of halogens is 2. The normalized spacial score (nSPS) is 10.4. The van der Waals surface area contributed by atoms with Crippen molar-refractivity contribution in [1.29, 1.82) is 0 Å². The number of rotatable bonds is 3. The Hall–Kier alpha value is -1.78. The Morgan fingerprint density at radius 2 is 2.07 bits per heavy atom. The summed E-state index contributed by atoms with van der Waals surface area (Å²) in [5.41, 5.74) is -1.19. The summed E-state index contributed by atoms with van der Waals surface area (Å²) in [5.74, 6) is -1.00. The Morgan fingerprint density at radius 3 is 2.47 bits per heavy atom. The number of benzene rings is 1. The fourth-order valence-electron chi connectivity index (χ4n) is 1.26. The Labute approximate surface area is 84.3 Å². The summed E-state index contributed by atoms with van der Waals surface area (Å²) in [7, 11) is 0. The minimum Gasteiger partial charge on any atom is -0.508 e. The van der Waals surface area contributed by atoms with Gasteiger partial charge >= 0.3 is 0 Å². The van der Waals surface area contributed by atoms with Gasteiger partial charge in [-0.05, 0) is 19.1 Å². The van der Waals surface area contributed by atoms with Crippen LogP contribution in [-0.2, 0) is 0 Å². The van der Waals surface area contributed by atoms with Crippen molar-refractivity contribution in [3.63, 3.8) is 0 Å². The predicted octanol–water partition coefficient (Wildman–Crippen LogP) is 2.34. The number of alkyl halides is 2. The van der Waals surface area contributed by atoms with E-state index in [2.05, 4.69) is 0 Å². The SMILES string of the molecule is CC(=O)c1cc(O)cc(C(F)F)c1C=O. The Kier molecular flexibility index (Phi) is 3.14. The number of Topliss-reactive ketones (excluding diaryl/α,β-unsaturated/α-hetero) is 1. The molecule has 0 aliphatic rings. The van der Waals surface area contributed by atoms with Crippen LogP contribution in [0.1, 0.15) is 39.6 Å². The van der Waals surface area contributed by atoms with Crippen LogP contribution < -0.4 is 0 Å². The molecule has 0 heterocycles. The minimum atomic E-state index is -2.91. The summed E-state index contributed by atoms with van der Waals surface area (Å²) in [4.78, 5) is 21.6. The van der Waals surface area contributed by atoms with Gasteiger partial charge < -0.3 is 5.11 Å². The van der Waals surface area contributed by atoms with E-state index < -0.39 is 23.5 Å². The van der Waals surface area contributed by atoms with Gasteiger partial charge in [0.05, 0.1) is 0 Å². The molecule has 0 saturated carbocycles. The molecule has 0 spiro atoms. The lowest BCUT2D eigenvalue weighted by Gasteiger charge is -2.08. The van der Waals surface area contributed by atoms with Gasteiger partial charge in [0.1, 0.15) is 5.75 Å². The summed E-state index contributed by atoms with van der Waals surface area (Å²) in [6.07, 6.45) is -2.71. The van der Waals surface area contributed by atoms with Crippen LogP contribution in [0.15, 0.2) is 12.1 Å². The number of carbonyl (C=O) groups is 2. The van der Waals surface area contributed by atoms with Crippen LogP contribution in [-0.4, -0.2) is 17.2 Å². The standard InChI is InChI=1S/C10H8F2O3/c1-5(14)7-2-6(15)3-8(10(11)12)9(7)4-13/h2-4,10,15H,1H3. The third-order valence-electron chi connectivity index (χ3n) is 1.93. The van der Waals surface area contributed by atoms with Crippen molar-refractivity contribution in [3.05, 3.63) is 28.8 Å². The van der Waals surface area contributed by atoms with Gasteiger partial charge in [0.2, 0.25) is 0 Å². The maximum atomic E-state index is 12.5. The van der Waals surface area contributed by atoms with Gasteiger partial charge in [0.25, 0.3) is 6.43 Å². The van der Waals surface area contributed by atoms with E-state index >= 15 is 0 Å². The quantitative estimate of drug-likeness (QED) is 0.620. The second kappa shape index (κ2) is 4.16. The van der Waals surface area contributed by atoms with Crippen LogP contribution in [0.4, 0.5) is 8.78 Å². The van der Waals surface area contributed by atoms with Crippen molar-refractivity contribution in [1.82, 2.24) is 0 Å². The van der Waals surface area contributed by atoms with Gasteiger partial charge in [0.15, 0.2) is 12.1 Å². The second-order valence-electron chi connectivity index (χ2n) is 2.97. The lowest BCUT2D eigenvalue weighted by Crippen LogP contribution is -2.03. The highest BCUT2D eigenvalue weighted by Gasteiger charge is 2.19. The topological polar surface area (TPSA) is 54.4 Å². The molecule has 0 radical (unpaired) electrons. The number of ketones is 1. The lowest BCUT2D eigenvalue weighted by molar-refractivity contribution is 0.100. The van der Waals surface area contributed by atoms with Gasteiger partial charge in [-0.25, -0.2) is 8.78 Å². The van der Waals surface area contributed by atoms with E-state index in [-0.39, 0.29) is 17.4 Å². The summed E-state index contributed by atoms with van der Waals surface area (Å²) in [6.45, 7) is 1.14. The maximum absolute atomic E-state index is 12.5. The first-order chi connectivity index (χ1) is 6.97. The predicted molar refractivity (Wildman–Crippen MR) is 48.5 cm³/mol. The summed E-state index contributed by atoms with van der Waals surface area (Å²) in [5, 5.41) is 9.11. The fraction of sp³-hybridized carbons (Fsp3) is 0.200. The molecule has 1 rings (SSSR count). The first-order valence-corrected chi connectivity index (χ1v) is 4.08. The van der Waals surface area contributed by atoms with Crippen molar-refractivity contribution in [3.8, 4) is 5.75 Å². The molecule has 0 aliphatic carbocycles. The Bertz CT molecular complexity index is 413. The molecule has 1 aromatic carbocycles. The molecule has 0 bridgehead atoms. The van der Waals surface area contributed by atoms with Crippen molar-refractivity contribution >= 4 is 12.1 Å². The molecule has 0 saturated heterocycles. The molecule has 80 valence electrons. The van der Waals surface area contributed by atoms with E-state index in [9.17, 15) is 18.4 Å². The number of hydrogen-bond acceptors (Lipinski definition) is 3. The number of carbonyl (C=O) groups excluding carboxylic acids is 2. The zero-order valence-electron chi connectivity index (χ0n) is 7.83. The van der Waals surface area contributed by atoms with Crippen LogP contribution >= 0.6 is 0 Å². The van der Waals surface area contributed by atoms with E-state index in [0.29, 0.717) is 0 Å². The maximum Gasteiger partial charge on any atom is 0.264 e. The van der Waals surface area contributed by atoms with E-state index in [1.54, 1.807) is 0 Å². The first kappa shape index (κ1) is 11.3. The molecule has 0 aliphatic heterocycles. The number of hydrogen-bond donors (Lipinski definition) is 1. The summed E-state index contributed by atoms with van der Waals surface area (Å²) >= 11 is 0. The molecular formula is C10H8F2O3. The van der Waals surface area contributed by atoms with Gasteiger partial charge in [-0.3, -0.25) is 9.59 Å². The monoisotopic (exact) mass is 214 g/mol. The second-order valence-corrected chi connectivity index (χ2v) is 2.97. The molecule has 0 fully saturated rings. The highest BCUT2D eigenvalue weighted by atomic mass is 19.3. The average molecular weight is 214 g/mol. The Morgan fingerprint density at radius 1 is 1.47 bits per heavy atom. The molecular weight excluding hydrogens is 206 g/mol. The van der Waals surface area contributed by atoms with Gasteiger partial charge in [-0.1, -0.05) is 0 Å². The third-order valence-corrected chi connectivity index (χ3v) is 1.93. The molecule has 0 amide bonds. The summed E-state index contributed by atoms with van der Waals surface area (Å²) < 4.78 is 24.9. The smallest absolute Gasteiger partial charge is 0.264 e. The lowest BCUT2D eigenvalue weighted by atomic mass is 9.99. The average Bonchev–Trinajstić information content (AvgIpc) is 2.16.